The van der Waals surface area contributed by atoms with Crippen LogP contribution in [0.1, 0.15) is 6.42 Å². The fourth-order valence-corrected chi connectivity index (χ4v) is 0.751. The number of carbonyl (C=O) groups excluding carboxylic acids is 1. The van der Waals surface area contributed by atoms with Crippen molar-refractivity contribution in [2.24, 2.45) is 0 Å². The fourth-order valence-electron chi connectivity index (χ4n) is 0.751. The highest BCUT2D eigenvalue weighted by atomic mass is 16.6. The first-order valence-corrected chi connectivity index (χ1v) is 2.91. The van der Waals surface area contributed by atoms with Gasteiger partial charge in [-0.25, -0.2) is 4.79 Å². The maximum Gasteiger partial charge on any atom is 0.373 e. The molecule has 0 spiro atoms. The van der Waals surface area contributed by atoms with Crippen LogP contribution >= 0.6 is 0 Å². The van der Waals surface area contributed by atoms with Gasteiger partial charge < -0.3 is 14.9 Å². The van der Waals surface area contributed by atoms with Crippen molar-refractivity contribution in [2.45, 2.75) is 6.42 Å². The van der Waals surface area contributed by atoms with Crippen molar-refractivity contribution >= 4 is 11.9 Å². The minimum absolute atomic E-state index is 0.114. The van der Waals surface area contributed by atoms with Gasteiger partial charge in [-0.15, -0.1) is 0 Å². The van der Waals surface area contributed by atoms with Crippen molar-refractivity contribution in [1.82, 2.24) is 0 Å². The number of aliphatic hydroxyl groups excluding tert-OH is 1. The molecule has 0 radical (unpaired) electrons. The summed E-state index contributed by atoms with van der Waals surface area (Å²) in [6.45, 7) is -0.114. The standard InChI is InChI=1S/C6H6O5/c7-4(8)1-3-2-11-6(10)5(3)9/h9H,1-2H2,(H,7,8). The second-order valence-electron chi connectivity index (χ2n) is 2.10. The lowest BCUT2D eigenvalue weighted by molar-refractivity contribution is -0.139. The number of ether oxygens (including phenoxy) is 1. The molecule has 0 aromatic rings. The van der Waals surface area contributed by atoms with Crippen molar-refractivity contribution in [1.29, 1.82) is 0 Å². The molecule has 0 amide bonds. The first-order chi connectivity index (χ1) is 5.11. The molecular weight excluding hydrogens is 152 g/mol. The number of aliphatic carboxylic acids is 1. The van der Waals surface area contributed by atoms with E-state index in [-0.39, 0.29) is 18.6 Å². The summed E-state index contributed by atoms with van der Waals surface area (Å²) in [5, 5.41) is 17.1. The number of rotatable bonds is 2. The Kier molecular flexibility index (Phi) is 1.80. The maximum atomic E-state index is 10.4. The minimum Gasteiger partial charge on any atom is -0.502 e. The SMILES string of the molecule is O=C(O)CC1=C(O)C(=O)OC1. The Morgan fingerprint density at radius 2 is 2.27 bits per heavy atom. The molecule has 2 N–H and O–H groups in total. The van der Waals surface area contributed by atoms with Gasteiger partial charge in [0, 0.05) is 5.57 Å². The van der Waals surface area contributed by atoms with Crippen molar-refractivity contribution in [3.8, 4) is 0 Å². The molecule has 0 aromatic carbocycles. The average Bonchev–Trinajstić information content (AvgIpc) is 2.18. The summed E-state index contributed by atoms with van der Waals surface area (Å²) in [4.78, 5) is 20.5. The maximum absolute atomic E-state index is 10.4. The van der Waals surface area contributed by atoms with E-state index in [2.05, 4.69) is 4.74 Å². The molecule has 1 aliphatic heterocycles. The van der Waals surface area contributed by atoms with E-state index in [1.54, 1.807) is 0 Å². The van der Waals surface area contributed by atoms with E-state index in [1.807, 2.05) is 0 Å². The zero-order valence-electron chi connectivity index (χ0n) is 5.53. The van der Waals surface area contributed by atoms with Gasteiger partial charge in [0.25, 0.3) is 0 Å². The predicted molar refractivity (Wildman–Crippen MR) is 32.9 cm³/mol. The molecule has 0 aromatic heterocycles. The molecule has 0 saturated heterocycles. The number of carboxylic acids is 1. The van der Waals surface area contributed by atoms with E-state index in [1.165, 1.54) is 0 Å². The van der Waals surface area contributed by atoms with E-state index < -0.39 is 17.7 Å². The molecule has 0 aliphatic carbocycles. The van der Waals surface area contributed by atoms with Crippen LogP contribution in [-0.2, 0) is 14.3 Å². The summed E-state index contributed by atoms with van der Waals surface area (Å²) in [7, 11) is 0. The first kappa shape index (κ1) is 7.59. The van der Waals surface area contributed by atoms with Crippen molar-refractivity contribution in [3.63, 3.8) is 0 Å². The molecule has 0 atom stereocenters. The normalized spacial score (nSPS) is 16.9. The number of aliphatic hydroxyl groups is 1. The zero-order valence-corrected chi connectivity index (χ0v) is 5.53. The molecule has 5 nitrogen and oxygen atoms in total. The van der Waals surface area contributed by atoms with Gasteiger partial charge in [-0.2, -0.15) is 0 Å². The first-order valence-electron chi connectivity index (χ1n) is 2.91. The predicted octanol–water partition coefficient (Wildman–Crippen LogP) is -0.170. The molecule has 1 heterocycles. The van der Waals surface area contributed by atoms with Crippen LogP contribution in [0.3, 0.4) is 0 Å². The Bertz CT molecular complexity index is 239. The third-order valence-corrected chi connectivity index (χ3v) is 1.27. The zero-order chi connectivity index (χ0) is 8.43. The van der Waals surface area contributed by atoms with E-state index in [9.17, 15) is 9.59 Å². The molecule has 60 valence electrons. The van der Waals surface area contributed by atoms with Crippen molar-refractivity contribution in [2.75, 3.05) is 6.61 Å². The molecule has 11 heavy (non-hydrogen) atoms. The summed E-state index contributed by atoms with van der Waals surface area (Å²) < 4.78 is 4.35. The Labute approximate surface area is 61.9 Å². The van der Waals surface area contributed by atoms with Crippen LogP contribution in [0.4, 0.5) is 0 Å². The Balaban J connectivity index is 2.72. The number of carbonyl (C=O) groups is 2. The highest BCUT2D eigenvalue weighted by Gasteiger charge is 2.25. The summed E-state index contributed by atoms with van der Waals surface area (Å²) in [6.07, 6.45) is -0.350. The van der Waals surface area contributed by atoms with Gasteiger partial charge in [-0.3, -0.25) is 4.79 Å². The molecule has 1 rings (SSSR count). The summed E-state index contributed by atoms with van der Waals surface area (Å²) >= 11 is 0. The Hall–Kier alpha value is -1.52. The molecular formula is C6H6O5. The second kappa shape index (κ2) is 2.61. The Morgan fingerprint density at radius 1 is 1.64 bits per heavy atom. The molecule has 0 fully saturated rings. The molecule has 0 saturated carbocycles. The highest BCUT2D eigenvalue weighted by molar-refractivity contribution is 5.90. The van der Waals surface area contributed by atoms with Crippen LogP contribution in [0.5, 0.6) is 0 Å². The van der Waals surface area contributed by atoms with Gasteiger partial charge in [-0.05, 0) is 0 Å². The van der Waals surface area contributed by atoms with E-state index in [0.29, 0.717) is 0 Å². The highest BCUT2D eigenvalue weighted by Crippen LogP contribution is 2.15. The third-order valence-electron chi connectivity index (χ3n) is 1.27. The van der Waals surface area contributed by atoms with Gasteiger partial charge in [0.05, 0.1) is 6.42 Å². The smallest absolute Gasteiger partial charge is 0.373 e. The minimum atomic E-state index is -1.09. The number of cyclic esters (lactones) is 1. The van der Waals surface area contributed by atoms with Gasteiger partial charge in [0.15, 0.2) is 0 Å². The summed E-state index contributed by atoms with van der Waals surface area (Å²) in [5.74, 6) is -2.50. The lowest BCUT2D eigenvalue weighted by Crippen LogP contribution is -2.00. The molecule has 0 unspecified atom stereocenters. The topological polar surface area (TPSA) is 83.8 Å². The van der Waals surface area contributed by atoms with Gasteiger partial charge in [0.2, 0.25) is 5.76 Å². The van der Waals surface area contributed by atoms with Crippen molar-refractivity contribution < 1.29 is 24.5 Å². The summed E-state index contributed by atoms with van der Waals surface area (Å²) in [6, 6.07) is 0. The number of carboxylic acid groups (broad SMARTS) is 1. The average molecular weight is 158 g/mol. The number of hydrogen-bond acceptors (Lipinski definition) is 4. The second-order valence-corrected chi connectivity index (χ2v) is 2.10. The third kappa shape index (κ3) is 1.49. The van der Waals surface area contributed by atoms with Gasteiger partial charge in [-0.1, -0.05) is 0 Å². The fraction of sp³-hybridized carbons (Fsp3) is 0.333. The van der Waals surface area contributed by atoms with Crippen LogP contribution in [-0.4, -0.2) is 28.8 Å². The Morgan fingerprint density at radius 3 is 2.64 bits per heavy atom. The lowest BCUT2D eigenvalue weighted by Gasteiger charge is -1.92. The van der Waals surface area contributed by atoms with E-state index >= 15 is 0 Å². The monoisotopic (exact) mass is 158 g/mol. The van der Waals surface area contributed by atoms with Gasteiger partial charge >= 0.3 is 11.9 Å². The largest absolute Gasteiger partial charge is 0.502 e. The van der Waals surface area contributed by atoms with Crippen LogP contribution in [0.25, 0.3) is 0 Å². The number of esters is 1. The van der Waals surface area contributed by atoms with Gasteiger partial charge in [0.1, 0.15) is 6.61 Å². The van der Waals surface area contributed by atoms with Crippen molar-refractivity contribution in [3.05, 3.63) is 11.3 Å². The molecule has 5 heteroatoms. The van der Waals surface area contributed by atoms with E-state index in [0.717, 1.165) is 0 Å². The molecule has 1 aliphatic rings. The quantitative estimate of drug-likeness (QED) is 0.545. The van der Waals surface area contributed by atoms with Crippen LogP contribution in [0.15, 0.2) is 11.3 Å². The summed E-state index contributed by atoms with van der Waals surface area (Å²) in [5.41, 5.74) is 0.127. The number of hydrogen-bond donors (Lipinski definition) is 2. The molecule has 0 bridgehead atoms. The van der Waals surface area contributed by atoms with Crippen LogP contribution in [0.2, 0.25) is 0 Å². The van der Waals surface area contributed by atoms with E-state index in [4.69, 9.17) is 10.2 Å². The van der Waals surface area contributed by atoms with Crippen LogP contribution < -0.4 is 0 Å². The lowest BCUT2D eigenvalue weighted by atomic mass is 10.2. The van der Waals surface area contributed by atoms with Crippen LogP contribution in [0, 0.1) is 0 Å².